The molecule has 0 fully saturated rings. The Kier molecular flexibility index (Phi) is 25.0. The molecule has 0 aliphatic heterocycles. The minimum absolute atomic E-state index is 0. The van der Waals surface area contributed by atoms with Crippen molar-refractivity contribution >= 4 is 0 Å². The molecule has 4 aliphatic carbocycles. The Bertz CT molecular complexity index is 715. The van der Waals surface area contributed by atoms with Crippen molar-refractivity contribution < 1.29 is 63.3 Å². The molecule has 1 heterocycles. The fourth-order valence-electron chi connectivity index (χ4n) is 1.67. The molecule has 1 nitrogen and oxygen atoms in total. The van der Waals surface area contributed by atoms with E-state index in [1.54, 1.807) is 0 Å². The zero-order valence-corrected chi connectivity index (χ0v) is 20.5. The molecule has 5 rings (SSSR count). The standard InChI is InChI=1S/C5F4N.4C5H5.FH.2Ti/c6-2-1-10-5(9)4(8)3(2)7;4*1-2-4-5-3-1;;;/h;4*1-5H;1H;;/q-1;;;;;;;+2/p-1. The van der Waals surface area contributed by atoms with Gasteiger partial charge in [-0.25, -0.2) is 8.78 Å². The second-order valence-electron chi connectivity index (χ2n) is 5.31. The number of aromatic nitrogens is 1. The van der Waals surface area contributed by atoms with E-state index in [1.165, 1.54) is 6.20 Å². The molecule has 0 bridgehead atoms. The van der Waals surface area contributed by atoms with Crippen molar-refractivity contribution in [1.82, 2.24) is 4.98 Å². The van der Waals surface area contributed by atoms with Gasteiger partial charge in [-0.3, -0.25) is 8.78 Å². The maximum atomic E-state index is 11.9. The van der Waals surface area contributed by atoms with E-state index in [0.717, 1.165) is 0 Å². The van der Waals surface area contributed by atoms with Crippen molar-refractivity contribution in [3.8, 4) is 0 Å². The van der Waals surface area contributed by atoms with E-state index in [0.29, 0.717) is 21.0 Å². The van der Waals surface area contributed by atoms with Gasteiger partial charge in [-0.05, 0) is 6.20 Å². The fourth-order valence-corrected chi connectivity index (χ4v) is 1.67. The maximum absolute atomic E-state index is 11.9. The molecule has 0 spiro atoms. The average Bonchev–Trinajstić information content (AvgIpc) is 3.68. The first-order valence-corrected chi connectivity index (χ1v) is 9.65. The molecule has 1 aromatic rings. The number of rotatable bonds is 0. The Hall–Kier alpha value is -1.85. The van der Waals surface area contributed by atoms with Crippen LogP contribution in [-0.4, -0.2) is 4.98 Å². The van der Waals surface area contributed by atoms with Crippen molar-refractivity contribution in [2.75, 3.05) is 0 Å². The molecular formula is C25H20F5NTi2. The summed E-state index contributed by atoms with van der Waals surface area (Å²) in [5, 5.41) is 0. The smallest absolute Gasteiger partial charge is 0 e. The van der Waals surface area contributed by atoms with Crippen LogP contribution in [0.15, 0.2) is 97.2 Å². The van der Waals surface area contributed by atoms with Crippen LogP contribution in [0.3, 0.4) is 0 Å². The largest absolute Gasteiger partial charge is 0 e. The molecule has 8 heteroatoms. The molecule has 0 amide bonds. The van der Waals surface area contributed by atoms with E-state index in [2.05, 4.69) is 4.98 Å². The van der Waals surface area contributed by atoms with Gasteiger partial charge in [0.2, 0.25) is 0 Å². The predicted molar refractivity (Wildman–Crippen MR) is 114 cm³/mol. The number of nitrogens with zero attached hydrogens (tertiary/aromatic N) is 1. The number of hydrogen-bond acceptors (Lipinski definition) is 1. The van der Waals surface area contributed by atoms with Crippen LogP contribution in [0.1, 0.15) is 0 Å². The van der Waals surface area contributed by atoms with E-state index < -0.39 is 23.4 Å². The fraction of sp³-hybridized carbons (Fsp3) is 0. The summed E-state index contributed by atoms with van der Waals surface area (Å²) in [6, 6.07) is 0. The Morgan fingerprint density at radius 2 is 0.758 bits per heavy atom. The Labute approximate surface area is 219 Å². The van der Waals surface area contributed by atoms with Crippen LogP contribution >= 0.6 is 0 Å². The topological polar surface area (TPSA) is 12.9 Å². The van der Waals surface area contributed by atoms with E-state index >= 15 is 0 Å². The van der Waals surface area contributed by atoms with Crippen LogP contribution in [0.5, 0.6) is 0 Å². The van der Waals surface area contributed by atoms with Gasteiger partial charge in [0, 0.05) is 47.4 Å². The number of halogens is 5. The van der Waals surface area contributed by atoms with Crippen LogP contribution in [0.4, 0.5) is 20.7 Å². The second-order valence-corrected chi connectivity index (χ2v) is 5.31. The monoisotopic (exact) mass is 525 g/mol. The Balaban J connectivity index is 0. The van der Waals surface area contributed by atoms with E-state index in [9.17, 15) is 20.7 Å². The third-order valence-corrected chi connectivity index (χ3v) is 3.04. The third-order valence-electron chi connectivity index (χ3n) is 3.04. The normalized spacial score (nSPS) is 13.8. The average molecular weight is 525 g/mol. The van der Waals surface area contributed by atoms with Gasteiger partial charge < -0.3 is 4.98 Å². The van der Waals surface area contributed by atoms with Crippen LogP contribution in [-0.2, 0) is 42.7 Å². The van der Waals surface area contributed by atoms with Crippen molar-refractivity contribution in [2.24, 2.45) is 0 Å². The summed E-state index contributed by atoms with van der Waals surface area (Å²) >= 11 is 0.500. The Morgan fingerprint density at radius 1 is 0.485 bits per heavy atom. The predicted octanol–water partition coefficient (Wildman–Crippen LogP) is 7.12. The molecule has 4 radical (unpaired) electrons. The summed E-state index contributed by atoms with van der Waals surface area (Å²) in [5.74, 6) is -7.14. The number of allylic oxidation sites excluding steroid dienone is 16. The van der Waals surface area contributed by atoms with Crippen LogP contribution in [0, 0.1) is 55.3 Å². The molecule has 0 atom stereocenters. The van der Waals surface area contributed by atoms with Crippen LogP contribution < -0.4 is 0 Å². The summed E-state index contributed by atoms with van der Waals surface area (Å²) in [6.07, 6.45) is 41.3. The zero-order valence-electron chi connectivity index (χ0n) is 17.4. The molecule has 1 aromatic heterocycles. The summed E-state index contributed by atoms with van der Waals surface area (Å²) < 4.78 is 57.0. The zero-order chi connectivity index (χ0) is 23.9. The van der Waals surface area contributed by atoms with E-state index in [1.807, 2.05) is 123 Å². The number of pyridine rings is 1. The molecule has 4 aliphatic rings. The van der Waals surface area contributed by atoms with Crippen molar-refractivity contribution in [3.05, 3.63) is 152 Å². The third kappa shape index (κ3) is 19.3. The Morgan fingerprint density at radius 3 is 0.939 bits per heavy atom. The second kappa shape index (κ2) is 24.8. The molecule has 0 unspecified atom stereocenters. The molecule has 0 N–H and O–H groups in total. The summed E-state index contributed by atoms with van der Waals surface area (Å²) in [4.78, 5) is 2.46. The minimum atomic E-state index is -1.92. The first-order valence-electron chi connectivity index (χ1n) is 9.06. The van der Waals surface area contributed by atoms with Crippen LogP contribution in [0.25, 0.3) is 0 Å². The van der Waals surface area contributed by atoms with Gasteiger partial charge in [-0.2, -0.15) is 0 Å². The molecular weight excluding hydrogens is 505 g/mol. The van der Waals surface area contributed by atoms with Crippen molar-refractivity contribution in [2.45, 2.75) is 0 Å². The van der Waals surface area contributed by atoms with Gasteiger partial charge in [0.05, 0.1) is 11.6 Å². The van der Waals surface area contributed by atoms with Gasteiger partial charge in [0.1, 0.15) is 11.8 Å². The summed E-state index contributed by atoms with van der Waals surface area (Å²) in [7, 11) is 0. The molecule has 0 saturated heterocycles. The number of hydrogen-bond donors (Lipinski definition) is 0. The maximum Gasteiger partial charge on any atom is 0 e. The summed E-state index contributed by atoms with van der Waals surface area (Å²) in [5.41, 5.74) is 0. The first kappa shape index (κ1) is 33.3. The summed E-state index contributed by atoms with van der Waals surface area (Å²) in [6.45, 7) is 0. The SMILES string of the molecule is Fc1[c-]nc(F)c(F)c1F.[CH]1C=CC=C1.[CH]1C=CC=C1.[CH]1C=CC=C1.[CH]1C=CC=C1.[F][Ti+].[Ti]. The van der Waals surface area contributed by atoms with Gasteiger partial charge >= 0.3 is 24.1 Å². The van der Waals surface area contributed by atoms with Crippen LogP contribution in [0.2, 0.25) is 0 Å². The minimum Gasteiger partial charge on any atom is 0 e. The molecule has 168 valence electrons. The van der Waals surface area contributed by atoms with E-state index in [-0.39, 0.29) is 21.7 Å². The first-order chi connectivity index (χ1) is 15.6. The van der Waals surface area contributed by atoms with Gasteiger partial charge in [-0.15, -0.1) is 0 Å². The molecule has 33 heavy (non-hydrogen) atoms. The quantitative estimate of drug-likeness (QED) is 0.152. The van der Waals surface area contributed by atoms with E-state index in [4.69, 9.17) is 0 Å². The van der Waals surface area contributed by atoms with Crippen molar-refractivity contribution in [1.29, 1.82) is 0 Å². The molecule has 0 aromatic carbocycles. The van der Waals surface area contributed by atoms with Crippen molar-refractivity contribution in [3.63, 3.8) is 0 Å². The van der Waals surface area contributed by atoms with Gasteiger partial charge in [0.25, 0.3) is 0 Å². The van der Waals surface area contributed by atoms with Gasteiger partial charge in [0.15, 0.2) is 0 Å². The molecule has 0 saturated carbocycles. The van der Waals surface area contributed by atoms with Gasteiger partial charge in [-0.1, -0.05) is 97.2 Å².